The van der Waals surface area contributed by atoms with Crippen molar-refractivity contribution in [3.05, 3.63) is 63.2 Å². The maximum absolute atomic E-state index is 11.1. The molecule has 0 spiro atoms. The molecule has 0 atom stereocenters. The van der Waals surface area contributed by atoms with Gasteiger partial charge in [-0.1, -0.05) is 23.7 Å². The van der Waals surface area contributed by atoms with Gasteiger partial charge in [0.25, 0.3) is 5.69 Å². The molecule has 0 radical (unpaired) electrons. The van der Waals surface area contributed by atoms with Gasteiger partial charge >= 0.3 is 5.97 Å². The highest BCUT2D eigenvalue weighted by Gasteiger charge is 2.17. The minimum atomic E-state index is -1.25. The lowest BCUT2D eigenvalue weighted by Crippen LogP contribution is -2.01. The van der Waals surface area contributed by atoms with Gasteiger partial charge in [0.15, 0.2) is 0 Å². The summed E-state index contributed by atoms with van der Waals surface area (Å²) >= 11 is 5.90. The molecule has 102 valence electrons. The number of carboxylic acids is 1. The number of carbonyl (C=O) groups is 1. The quantitative estimate of drug-likeness (QED) is 0.685. The second-order valence-electron chi connectivity index (χ2n) is 3.78. The fourth-order valence-electron chi connectivity index (χ4n) is 1.53. The van der Waals surface area contributed by atoms with Gasteiger partial charge in [-0.3, -0.25) is 10.1 Å². The third-order valence-corrected chi connectivity index (χ3v) is 2.78. The Kier molecular flexibility index (Phi) is 3.86. The van der Waals surface area contributed by atoms with Crippen LogP contribution in [0.5, 0.6) is 11.5 Å². The Bertz CT molecular complexity index is 686. The lowest BCUT2D eigenvalue weighted by molar-refractivity contribution is -0.384. The van der Waals surface area contributed by atoms with E-state index in [1.807, 2.05) is 0 Å². The van der Waals surface area contributed by atoms with Crippen LogP contribution in [-0.2, 0) is 0 Å². The maximum atomic E-state index is 11.1. The Labute approximate surface area is 118 Å². The van der Waals surface area contributed by atoms with Gasteiger partial charge in [0.2, 0.25) is 0 Å². The number of para-hydroxylation sites is 1. The van der Waals surface area contributed by atoms with Gasteiger partial charge in [0.05, 0.1) is 16.0 Å². The van der Waals surface area contributed by atoms with E-state index in [0.29, 0.717) is 0 Å². The van der Waals surface area contributed by atoms with E-state index < -0.39 is 10.9 Å². The number of nitro groups is 1. The molecule has 7 heteroatoms. The zero-order valence-corrected chi connectivity index (χ0v) is 10.7. The topological polar surface area (TPSA) is 89.7 Å². The van der Waals surface area contributed by atoms with E-state index in [1.54, 1.807) is 18.2 Å². The summed E-state index contributed by atoms with van der Waals surface area (Å²) in [7, 11) is 0. The molecule has 0 aliphatic heterocycles. The van der Waals surface area contributed by atoms with Crippen molar-refractivity contribution in [2.24, 2.45) is 0 Å². The van der Waals surface area contributed by atoms with E-state index >= 15 is 0 Å². The molecule has 0 bridgehead atoms. The first-order valence-electron chi connectivity index (χ1n) is 5.43. The Balaban J connectivity index is 2.48. The highest BCUT2D eigenvalue weighted by atomic mass is 35.5. The summed E-state index contributed by atoms with van der Waals surface area (Å²) in [5.74, 6) is -1.17. The zero-order valence-electron chi connectivity index (χ0n) is 9.95. The van der Waals surface area contributed by atoms with Crippen LogP contribution in [0.4, 0.5) is 5.69 Å². The summed E-state index contributed by atoms with van der Waals surface area (Å²) < 4.78 is 5.38. The Morgan fingerprint density at radius 3 is 2.50 bits per heavy atom. The van der Waals surface area contributed by atoms with E-state index in [9.17, 15) is 14.9 Å². The van der Waals surface area contributed by atoms with Gasteiger partial charge in [-0.2, -0.15) is 0 Å². The second-order valence-corrected chi connectivity index (χ2v) is 4.18. The third kappa shape index (κ3) is 2.86. The highest BCUT2D eigenvalue weighted by molar-refractivity contribution is 6.32. The van der Waals surface area contributed by atoms with Crippen molar-refractivity contribution in [3.63, 3.8) is 0 Å². The summed E-state index contributed by atoms with van der Waals surface area (Å²) in [4.78, 5) is 21.2. The van der Waals surface area contributed by atoms with Gasteiger partial charge in [-0.15, -0.1) is 0 Å². The number of benzene rings is 2. The molecule has 0 amide bonds. The number of hydrogen-bond donors (Lipinski definition) is 1. The summed E-state index contributed by atoms with van der Waals surface area (Å²) in [5.41, 5.74) is -0.451. The first kappa shape index (κ1) is 13.8. The Morgan fingerprint density at radius 1 is 1.20 bits per heavy atom. The molecule has 1 N–H and O–H groups in total. The van der Waals surface area contributed by atoms with Crippen LogP contribution in [0.1, 0.15) is 10.4 Å². The van der Waals surface area contributed by atoms with Crippen LogP contribution in [-0.4, -0.2) is 16.0 Å². The molecule has 6 nitrogen and oxygen atoms in total. The van der Waals surface area contributed by atoms with Crippen LogP contribution >= 0.6 is 11.6 Å². The van der Waals surface area contributed by atoms with Crippen LogP contribution in [0, 0.1) is 10.1 Å². The van der Waals surface area contributed by atoms with Crippen molar-refractivity contribution >= 4 is 23.3 Å². The van der Waals surface area contributed by atoms with Gasteiger partial charge in [-0.05, 0) is 18.2 Å². The summed E-state index contributed by atoms with van der Waals surface area (Å²) in [6.45, 7) is 0. The summed E-state index contributed by atoms with van der Waals surface area (Å²) in [5, 5.41) is 20.1. The molecule has 2 rings (SSSR count). The van der Waals surface area contributed by atoms with Gasteiger partial charge in [0, 0.05) is 6.07 Å². The molecule has 0 unspecified atom stereocenters. The largest absolute Gasteiger partial charge is 0.478 e. The van der Waals surface area contributed by atoms with E-state index in [4.69, 9.17) is 21.4 Å². The predicted octanol–water partition coefficient (Wildman–Crippen LogP) is 3.74. The maximum Gasteiger partial charge on any atom is 0.339 e. The van der Waals surface area contributed by atoms with Crippen LogP contribution in [0.25, 0.3) is 0 Å². The average molecular weight is 294 g/mol. The molecule has 0 aliphatic rings. The molecule has 0 aromatic heterocycles. The lowest BCUT2D eigenvalue weighted by atomic mass is 10.2. The molecule has 0 aliphatic carbocycles. The molecule has 0 saturated heterocycles. The minimum Gasteiger partial charge on any atom is -0.478 e. The number of halogens is 1. The highest BCUT2D eigenvalue weighted by Crippen LogP contribution is 2.33. The third-order valence-electron chi connectivity index (χ3n) is 2.46. The summed E-state index contributed by atoms with van der Waals surface area (Å²) in [6, 6.07) is 9.70. The number of aromatic carboxylic acids is 1. The van der Waals surface area contributed by atoms with E-state index in [0.717, 1.165) is 18.2 Å². The fourth-order valence-corrected chi connectivity index (χ4v) is 1.71. The SMILES string of the molecule is O=C(O)c1ccc([N+](=O)[O-])cc1Oc1ccccc1Cl. The first-order chi connectivity index (χ1) is 9.49. The molecule has 0 saturated carbocycles. The number of nitrogens with zero attached hydrogens (tertiary/aromatic N) is 1. The number of non-ortho nitro benzene ring substituents is 1. The zero-order chi connectivity index (χ0) is 14.7. The number of ether oxygens (including phenoxy) is 1. The van der Waals surface area contributed by atoms with Crippen LogP contribution in [0.3, 0.4) is 0 Å². The van der Waals surface area contributed by atoms with Crippen molar-refractivity contribution in [1.82, 2.24) is 0 Å². The number of carboxylic acid groups (broad SMARTS) is 1. The van der Waals surface area contributed by atoms with E-state index in [-0.39, 0.29) is 27.8 Å². The Hall–Kier alpha value is -2.60. The lowest BCUT2D eigenvalue weighted by Gasteiger charge is -2.09. The van der Waals surface area contributed by atoms with Crippen molar-refractivity contribution in [2.45, 2.75) is 0 Å². The number of hydrogen-bond acceptors (Lipinski definition) is 4. The molecule has 20 heavy (non-hydrogen) atoms. The minimum absolute atomic E-state index is 0.139. The van der Waals surface area contributed by atoms with E-state index in [2.05, 4.69) is 0 Å². The molecular weight excluding hydrogens is 286 g/mol. The van der Waals surface area contributed by atoms with Crippen molar-refractivity contribution in [3.8, 4) is 11.5 Å². The number of nitro benzene ring substituents is 1. The summed E-state index contributed by atoms with van der Waals surface area (Å²) in [6.07, 6.45) is 0. The normalized spacial score (nSPS) is 10.1. The predicted molar refractivity (Wildman–Crippen MR) is 71.6 cm³/mol. The average Bonchev–Trinajstić information content (AvgIpc) is 2.41. The van der Waals surface area contributed by atoms with Crippen molar-refractivity contribution in [1.29, 1.82) is 0 Å². The van der Waals surface area contributed by atoms with Crippen LogP contribution < -0.4 is 4.74 Å². The van der Waals surface area contributed by atoms with Gasteiger partial charge in [0.1, 0.15) is 17.1 Å². The Morgan fingerprint density at radius 2 is 1.90 bits per heavy atom. The number of rotatable bonds is 4. The second kappa shape index (κ2) is 5.58. The molecule has 2 aromatic rings. The van der Waals surface area contributed by atoms with Crippen LogP contribution in [0.2, 0.25) is 5.02 Å². The molecule has 2 aromatic carbocycles. The van der Waals surface area contributed by atoms with Gasteiger partial charge < -0.3 is 9.84 Å². The molecule has 0 heterocycles. The monoisotopic (exact) mass is 293 g/mol. The molecular formula is C13H8ClNO5. The van der Waals surface area contributed by atoms with Crippen molar-refractivity contribution < 1.29 is 19.6 Å². The molecule has 0 fully saturated rings. The van der Waals surface area contributed by atoms with Gasteiger partial charge in [-0.25, -0.2) is 4.79 Å². The first-order valence-corrected chi connectivity index (χ1v) is 5.81. The smallest absolute Gasteiger partial charge is 0.339 e. The standard InChI is InChI=1S/C13H8ClNO5/c14-10-3-1-2-4-11(10)20-12-7-8(15(18)19)5-6-9(12)13(16)17/h1-7H,(H,16,17). The fraction of sp³-hybridized carbons (Fsp3) is 0. The van der Waals surface area contributed by atoms with Crippen molar-refractivity contribution in [2.75, 3.05) is 0 Å². The van der Waals surface area contributed by atoms with Crippen LogP contribution in [0.15, 0.2) is 42.5 Å². The van der Waals surface area contributed by atoms with E-state index in [1.165, 1.54) is 6.07 Å².